The number of rotatable bonds is 3. The van der Waals surface area contributed by atoms with E-state index in [1.807, 2.05) is 25.3 Å². The van der Waals surface area contributed by atoms with Gasteiger partial charge in [0.15, 0.2) is 0 Å². The summed E-state index contributed by atoms with van der Waals surface area (Å²) >= 11 is 0. The summed E-state index contributed by atoms with van der Waals surface area (Å²) in [5.74, 6) is 0. The van der Waals surface area contributed by atoms with Gasteiger partial charge in [-0.3, -0.25) is 4.31 Å². The van der Waals surface area contributed by atoms with Gasteiger partial charge < -0.3 is 0 Å². The zero-order valence-corrected chi connectivity index (χ0v) is 19.0. The second-order valence-electron chi connectivity index (χ2n) is 9.45. The Bertz CT molecular complexity index is 794. The van der Waals surface area contributed by atoms with E-state index >= 15 is 0 Å². The van der Waals surface area contributed by atoms with Crippen LogP contribution in [0.5, 0.6) is 0 Å². The molecule has 0 fully saturated rings. The monoisotopic (exact) mass is 391 g/mol. The molecule has 26 heavy (non-hydrogen) atoms. The molecule has 1 aliphatic heterocycles. The van der Waals surface area contributed by atoms with Crippen LogP contribution in [0.1, 0.15) is 32.8 Å². The largest absolute Gasteiger partial charge is 0.273 e. The molecular formula is C21H33NO2SSi. The van der Waals surface area contributed by atoms with Crippen LogP contribution in [0, 0.1) is 12.3 Å². The third-order valence-corrected chi connectivity index (χ3v) is 8.86. The molecule has 1 atom stereocenters. The van der Waals surface area contributed by atoms with Gasteiger partial charge in [-0.15, -0.1) is 0 Å². The minimum absolute atomic E-state index is 0.0894. The van der Waals surface area contributed by atoms with E-state index in [1.165, 1.54) is 9.88 Å². The first kappa shape index (κ1) is 21.0. The molecule has 0 saturated heterocycles. The van der Waals surface area contributed by atoms with E-state index in [4.69, 9.17) is 0 Å². The molecule has 0 radical (unpaired) electrons. The van der Waals surface area contributed by atoms with Crippen LogP contribution in [0.25, 0.3) is 0 Å². The van der Waals surface area contributed by atoms with E-state index < -0.39 is 18.1 Å². The fourth-order valence-electron chi connectivity index (χ4n) is 3.38. The Labute approximate surface area is 160 Å². The van der Waals surface area contributed by atoms with Crippen LogP contribution < -0.4 is 0 Å². The SMILES string of the molecule is Cc1ccc(S(=O)(=O)N2C=CC([Si](C)(C)C)/C(=C/C(C)(C)C)CC2)cc1. The lowest BCUT2D eigenvalue weighted by Crippen LogP contribution is -2.28. The molecule has 1 aromatic rings. The first-order chi connectivity index (χ1) is 11.8. The Kier molecular flexibility index (Phi) is 5.93. The molecule has 2 rings (SSSR count). The van der Waals surface area contributed by atoms with Crippen LogP contribution in [0.3, 0.4) is 0 Å². The van der Waals surface area contributed by atoms with Crippen molar-refractivity contribution in [3.8, 4) is 0 Å². The first-order valence-corrected chi connectivity index (χ1v) is 14.3. The summed E-state index contributed by atoms with van der Waals surface area (Å²) in [5, 5.41) is 0. The van der Waals surface area contributed by atoms with Crippen molar-refractivity contribution < 1.29 is 8.42 Å². The van der Waals surface area contributed by atoms with E-state index in [2.05, 4.69) is 52.6 Å². The third kappa shape index (κ3) is 5.10. The van der Waals surface area contributed by atoms with Gasteiger partial charge in [0.1, 0.15) is 0 Å². The van der Waals surface area contributed by atoms with Gasteiger partial charge in [-0.2, -0.15) is 0 Å². The van der Waals surface area contributed by atoms with Crippen molar-refractivity contribution in [2.75, 3.05) is 6.54 Å². The summed E-state index contributed by atoms with van der Waals surface area (Å²) in [6, 6.07) is 7.10. The molecule has 0 aliphatic carbocycles. The summed E-state index contributed by atoms with van der Waals surface area (Å²) in [5.41, 5.74) is 2.89. The third-order valence-electron chi connectivity index (χ3n) is 4.64. The van der Waals surface area contributed by atoms with E-state index in [1.54, 1.807) is 12.1 Å². The molecule has 1 unspecified atom stereocenters. The Morgan fingerprint density at radius 1 is 1.12 bits per heavy atom. The minimum Gasteiger partial charge on any atom is -0.273 e. The van der Waals surface area contributed by atoms with Gasteiger partial charge in [0.2, 0.25) is 0 Å². The molecule has 1 aromatic carbocycles. The Balaban J connectivity index is 2.41. The average molecular weight is 392 g/mol. The molecule has 1 aliphatic rings. The van der Waals surface area contributed by atoms with Gasteiger partial charge >= 0.3 is 0 Å². The quantitative estimate of drug-likeness (QED) is 0.498. The van der Waals surface area contributed by atoms with Crippen molar-refractivity contribution in [1.82, 2.24) is 4.31 Å². The normalized spacial score (nSPS) is 21.1. The van der Waals surface area contributed by atoms with Gasteiger partial charge in [-0.05, 0) is 36.4 Å². The maximum Gasteiger partial charge on any atom is 0.263 e. The maximum atomic E-state index is 13.1. The van der Waals surface area contributed by atoms with Gasteiger partial charge in [0.05, 0.1) is 13.0 Å². The van der Waals surface area contributed by atoms with Crippen molar-refractivity contribution in [3.63, 3.8) is 0 Å². The highest BCUT2D eigenvalue weighted by Gasteiger charge is 2.32. The predicted molar refractivity (Wildman–Crippen MR) is 113 cm³/mol. The zero-order chi connectivity index (χ0) is 19.8. The Hall–Kier alpha value is -1.33. The zero-order valence-electron chi connectivity index (χ0n) is 17.2. The number of allylic oxidation sites excluding steroid dienone is 2. The fraction of sp³-hybridized carbons (Fsp3) is 0.524. The van der Waals surface area contributed by atoms with E-state index in [-0.39, 0.29) is 5.41 Å². The van der Waals surface area contributed by atoms with Crippen LogP contribution >= 0.6 is 0 Å². The van der Waals surface area contributed by atoms with Crippen LogP contribution in [-0.2, 0) is 10.0 Å². The van der Waals surface area contributed by atoms with Gasteiger partial charge in [0, 0.05) is 12.7 Å². The molecule has 0 spiro atoms. The number of hydrogen-bond acceptors (Lipinski definition) is 2. The predicted octanol–water partition coefficient (Wildman–Crippen LogP) is 5.58. The standard InChI is InChI=1S/C21H33NO2SSi/c1-17-8-10-19(11-9-17)25(23,24)22-14-12-18(16-21(2,3)4)20(13-15-22)26(5,6)7/h8-11,13,15-16,20H,12,14H2,1-7H3/b18-16+. The molecule has 1 heterocycles. The fourth-order valence-corrected chi connectivity index (χ4v) is 6.70. The lowest BCUT2D eigenvalue weighted by Gasteiger charge is -2.29. The first-order valence-electron chi connectivity index (χ1n) is 9.29. The summed E-state index contributed by atoms with van der Waals surface area (Å²) < 4.78 is 27.7. The number of sulfonamides is 1. The summed E-state index contributed by atoms with van der Waals surface area (Å²) in [4.78, 5) is 0.362. The molecule has 0 saturated carbocycles. The highest BCUT2D eigenvalue weighted by atomic mass is 32.2. The molecule has 3 nitrogen and oxygen atoms in total. The highest BCUT2D eigenvalue weighted by molar-refractivity contribution is 7.89. The molecule has 0 amide bonds. The van der Waals surface area contributed by atoms with Crippen LogP contribution in [-0.4, -0.2) is 27.3 Å². The average Bonchev–Trinajstić information content (AvgIpc) is 2.68. The second kappa shape index (κ2) is 7.35. The van der Waals surface area contributed by atoms with Crippen LogP contribution in [0.2, 0.25) is 25.2 Å². The smallest absolute Gasteiger partial charge is 0.263 e. The Morgan fingerprint density at radius 2 is 1.69 bits per heavy atom. The van der Waals surface area contributed by atoms with Gasteiger partial charge in [-0.25, -0.2) is 8.42 Å². The van der Waals surface area contributed by atoms with E-state index in [0.717, 1.165) is 12.0 Å². The summed E-state index contributed by atoms with van der Waals surface area (Å²) in [7, 11) is -5.01. The van der Waals surface area contributed by atoms with Crippen molar-refractivity contribution in [2.24, 2.45) is 5.41 Å². The number of benzene rings is 1. The molecule has 5 heteroatoms. The number of hydrogen-bond donors (Lipinski definition) is 0. The molecule has 144 valence electrons. The number of nitrogens with zero attached hydrogens (tertiary/aromatic N) is 1. The van der Waals surface area contributed by atoms with Gasteiger partial charge in [-0.1, -0.05) is 75.8 Å². The minimum atomic E-state index is -3.50. The maximum absolute atomic E-state index is 13.1. The number of aryl methyl sites for hydroxylation is 1. The van der Waals surface area contributed by atoms with Crippen molar-refractivity contribution in [3.05, 3.63) is 53.8 Å². The van der Waals surface area contributed by atoms with Crippen LogP contribution in [0.15, 0.2) is 53.1 Å². The lowest BCUT2D eigenvalue weighted by atomic mass is 9.91. The van der Waals surface area contributed by atoms with Gasteiger partial charge in [0.25, 0.3) is 10.0 Å². The molecule has 0 bridgehead atoms. The van der Waals surface area contributed by atoms with Crippen LogP contribution in [0.4, 0.5) is 0 Å². The van der Waals surface area contributed by atoms with Crippen molar-refractivity contribution >= 4 is 18.1 Å². The van der Waals surface area contributed by atoms with E-state index in [9.17, 15) is 8.42 Å². The molecule has 0 aromatic heterocycles. The summed E-state index contributed by atoms with van der Waals surface area (Å²) in [6.07, 6.45) is 7.07. The molecular weight excluding hydrogens is 358 g/mol. The Morgan fingerprint density at radius 3 is 2.19 bits per heavy atom. The summed E-state index contributed by atoms with van der Waals surface area (Å²) in [6.45, 7) is 16.1. The second-order valence-corrected chi connectivity index (χ2v) is 16.7. The van der Waals surface area contributed by atoms with E-state index in [0.29, 0.717) is 17.0 Å². The van der Waals surface area contributed by atoms with Crippen molar-refractivity contribution in [1.29, 1.82) is 0 Å². The highest BCUT2D eigenvalue weighted by Crippen LogP contribution is 2.38. The molecule has 0 N–H and O–H groups in total. The lowest BCUT2D eigenvalue weighted by molar-refractivity contribution is 0.498. The topological polar surface area (TPSA) is 37.4 Å². The van der Waals surface area contributed by atoms with Crippen molar-refractivity contribution in [2.45, 2.75) is 64.2 Å².